The summed E-state index contributed by atoms with van der Waals surface area (Å²) in [6.07, 6.45) is 4.21. The number of carbonyl (C=O) groups is 2. The van der Waals surface area contributed by atoms with Crippen LogP contribution in [0.3, 0.4) is 0 Å². The van der Waals surface area contributed by atoms with Crippen molar-refractivity contribution in [1.82, 2.24) is 0 Å². The van der Waals surface area contributed by atoms with Gasteiger partial charge in [-0.3, -0.25) is 5.26 Å². The quantitative estimate of drug-likeness (QED) is 0.254. The lowest BCUT2D eigenvalue weighted by atomic mass is 9.79. The van der Waals surface area contributed by atoms with Crippen LogP contribution in [0.5, 0.6) is 0 Å². The van der Waals surface area contributed by atoms with Crippen LogP contribution in [0, 0.1) is 5.41 Å². The zero-order valence-corrected chi connectivity index (χ0v) is 16.1. The Morgan fingerprint density at radius 2 is 2.00 bits per heavy atom. The molecule has 1 aliphatic rings. The minimum atomic E-state index is -1.02. The molecule has 0 aromatic heterocycles. The van der Waals surface area contributed by atoms with Gasteiger partial charge in [-0.1, -0.05) is 32.6 Å². The van der Waals surface area contributed by atoms with Gasteiger partial charge >= 0.3 is 11.9 Å². The Balaban J connectivity index is 3.16. The molecule has 6 nitrogen and oxygen atoms in total. The number of carboxylic acids is 1. The molecule has 1 rings (SSSR count). The van der Waals surface area contributed by atoms with Gasteiger partial charge in [-0.2, -0.15) is 0 Å². The second kappa shape index (κ2) is 9.69. The average molecular weight is 366 g/mol. The molecular weight excluding hydrogens is 336 g/mol. The molecule has 0 fully saturated rings. The van der Waals surface area contributed by atoms with E-state index >= 15 is 0 Å². The van der Waals surface area contributed by atoms with Gasteiger partial charge in [-0.05, 0) is 50.5 Å². The van der Waals surface area contributed by atoms with Crippen LogP contribution in [-0.4, -0.2) is 34.5 Å². The van der Waals surface area contributed by atoms with Crippen LogP contribution in [-0.2, 0) is 19.2 Å². The number of hydrogen-bond acceptors (Lipinski definition) is 5. The molecule has 0 aromatic carbocycles. The van der Waals surface area contributed by atoms with Crippen molar-refractivity contribution in [3.8, 4) is 0 Å². The van der Waals surface area contributed by atoms with Crippen molar-refractivity contribution >= 4 is 11.9 Å². The molecule has 1 aliphatic carbocycles. The summed E-state index contributed by atoms with van der Waals surface area (Å²) in [5.41, 5.74) is 1.04. The molecule has 0 radical (unpaired) electrons. The van der Waals surface area contributed by atoms with Gasteiger partial charge in [-0.15, -0.1) is 0 Å². The second-order valence-electron chi connectivity index (χ2n) is 7.60. The number of hydrogen-bond donors (Lipinski definition) is 2. The highest BCUT2D eigenvalue weighted by molar-refractivity contribution is 5.88. The van der Waals surface area contributed by atoms with Gasteiger partial charge in [0.25, 0.3) is 0 Å². The van der Waals surface area contributed by atoms with Gasteiger partial charge in [0.05, 0.1) is 0 Å². The summed E-state index contributed by atoms with van der Waals surface area (Å²) in [4.78, 5) is 28.4. The Kier molecular flexibility index (Phi) is 8.24. The molecule has 2 unspecified atom stereocenters. The summed E-state index contributed by atoms with van der Waals surface area (Å²) in [6, 6.07) is 0. The van der Waals surface area contributed by atoms with Crippen molar-refractivity contribution in [2.24, 2.45) is 5.41 Å². The first-order chi connectivity index (χ1) is 12.1. The molecule has 0 bridgehead atoms. The van der Waals surface area contributed by atoms with Crippen molar-refractivity contribution in [3.63, 3.8) is 0 Å². The van der Waals surface area contributed by atoms with Crippen LogP contribution in [0.4, 0.5) is 0 Å². The maximum Gasteiger partial charge on any atom is 0.333 e. The van der Waals surface area contributed by atoms with Crippen molar-refractivity contribution < 1.29 is 29.6 Å². The summed E-state index contributed by atoms with van der Waals surface area (Å²) < 4.78 is 5.59. The molecule has 0 saturated heterocycles. The van der Waals surface area contributed by atoms with E-state index in [-0.39, 0.29) is 17.4 Å². The van der Waals surface area contributed by atoms with E-state index in [1.165, 1.54) is 0 Å². The number of rotatable bonds is 4. The first-order valence-corrected chi connectivity index (χ1v) is 8.83. The maximum absolute atomic E-state index is 12.2. The summed E-state index contributed by atoms with van der Waals surface area (Å²) in [6.45, 7) is 11.3. The Morgan fingerprint density at radius 1 is 1.35 bits per heavy atom. The summed E-state index contributed by atoms with van der Waals surface area (Å²) in [5.74, 6) is -1.47. The first-order valence-electron chi connectivity index (χ1n) is 8.83. The fourth-order valence-electron chi connectivity index (χ4n) is 3.07. The van der Waals surface area contributed by atoms with Crippen molar-refractivity contribution in [1.29, 1.82) is 0 Å². The third-order valence-corrected chi connectivity index (χ3v) is 4.71. The molecule has 0 spiro atoms. The Labute approximate surface area is 155 Å². The average Bonchev–Trinajstić information content (AvgIpc) is 2.58. The zero-order chi connectivity index (χ0) is 19.9. The Bertz CT molecular complexity index is 599. The lowest BCUT2D eigenvalue weighted by molar-refractivity contribution is -0.274. The topological polar surface area (TPSA) is 93.1 Å². The normalized spacial score (nSPS) is 25.0. The third kappa shape index (κ3) is 6.77. The molecule has 6 heteroatoms. The highest BCUT2D eigenvalue weighted by Crippen LogP contribution is 2.35. The van der Waals surface area contributed by atoms with Gasteiger partial charge in [0.2, 0.25) is 0 Å². The second-order valence-corrected chi connectivity index (χ2v) is 7.60. The molecule has 0 aromatic rings. The predicted molar refractivity (Wildman–Crippen MR) is 98.5 cm³/mol. The molecule has 146 valence electrons. The molecular formula is C20H30O6. The fraction of sp³-hybridized carbons (Fsp3) is 0.600. The predicted octanol–water partition coefficient (Wildman–Crippen LogP) is 4.28. The number of esters is 1. The Hall–Kier alpha value is -1.92. The van der Waals surface area contributed by atoms with E-state index in [1.54, 1.807) is 26.0 Å². The molecule has 2 atom stereocenters. The lowest BCUT2D eigenvalue weighted by Crippen LogP contribution is -2.30. The van der Waals surface area contributed by atoms with Gasteiger partial charge in [-0.25, -0.2) is 14.5 Å². The summed E-state index contributed by atoms with van der Waals surface area (Å²) >= 11 is 0. The van der Waals surface area contributed by atoms with E-state index in [2.05, 4.69) is 11.5 Å². The first kappa shape index (κ1) is 22.1. The summed E-state index contributed by atoms with van der Waals surface area (Å²) in [7, 11) is 0. The molecule has 26 heavy (non-hydrogen) atoms. The highest BCUT2D eigenvalue weighted by atomic mass is 17.1. The van der Waals surface area contributed by atoms with Gasteiger partial charge < -0.3 is 9.84 Å². The third-order valence-electron chi connectivity index (χ3n) is 4.71. The smallest absolute Gasteiger partial charge is 0.333 e. The van der Waals surface area contributed by atoms with Gasteiger partial charge in [0, 0.05) is 17.6 Å². The molecule has 0 amide bonds. The fourth-order valence-corrected chi connectivity index (χ4v) is 3.07. The van der Waals surface area contributed by atoms with E-state index < -0.39 is 24.1 Å². The number of allylic oxidation sites excluding steroid dienone is 2. The zero-order valence-electron chi connectivity index (χ0n) is 16.1. The van der Waals surface area contributed by atoms with Gasteiger partial charge in [0.1, 0.15) is 12.2 Å². The van der Waals surface area contributed by atoms with Crippen LogP contribution in [0.2, 0.25) is 0 Å². The number of ether oxygens (including phenoxy) is 1. The minimum absolute atomic E-state index is 0.138. The SMILES string of the molecule is C=C1CCC=C(C(=O)O)CC(OC(=O)C(C)=CC)CC(C)(C)CC1OO. The van der Waals surface area contributed by atoms with Crippen molar-refractivity contribution in [2.75, 3.05) is 0 Å². The number of carboxylic acid groups (broad SMARTS) is 1. The van der Waals surface area contributed by atoms with E-state index in [4.69, 9.17) is 4.74 Å². The van der Waals surface area contributed by atoms with E-state index in [0.29, 0.717) is 36.8 Å². The highest BCUT2D eigenvalue weighted by Gasteiger charge is 2.32. The molecule has 2 N–H and O–H groups in total. The monoisotopic (exact) mass is 366 g/mol. The minimum Gasteiger partial charge on any atom is -0.478 e. The largest absolute Gasteiger partial charge is 0.478 e. The van der Waals surface area contributed by atoms with Crippen molar-refractivity contribution in [3.05, 3.63) is 35.5 Å². The van der Waals surface area contributed by atoms with Crippen LogP contribution >= 0.6 is 0 Å². The molecule has 0 aliphatic heterocycles. The standard InChI is InChI=1S/C20H30O6/c1-6-13(2)19(23)25-16-10-15(18(21)22)9-7-8-14(3)17(26-24)12-20(4,5)11-16/h6,9,16-17,24H,3,7-8,10-12H2,1-2,4-5H3,(H,21,22). The van der Waals surface area contributed by atoms with Gasteiger partial charge in [0.15, 0.2) is 0 Å². The number of aliphatic carboxylic acids is 1. The van der Waals surface area contributed by atoms with Crippen molar-refractivity contribution in [2.45, 2.75) is 72.0 Å². The van der Waals surface area contributed by atoms with Crippen LogP contribution in [0.25, 0.3) is 0 Å². The van der Waals surface area contributed by atoms with E-state index in [9.17, 15) is 20.0 Å². The number of carbonyl (C=O) groups excluding carboxylic acids is 1. The summed E-state index contributed by atoms with van der Waals surface area (Å²) in [5, 5.41) is 18.7. The van der Waals surface area contributed by atoms with Crippen LogP contribution in [0.1, 0.15) is 59.8 Å². The molecule has 0 saturated carbocycles. The van der Waals surface area contributed by atoms with Crippen LogP contribution < -0.4 is 0 Å². The van der Waals surface area contributed by atoms with E-state index in [1.807, 2.05) is 13.8 Å². The molecule has 0 heterocycles. The van der Waals surface area contributed by atoms with Crippen LogP contribution in [0.15, 0.2) is 35.5 Å². The van der Waals surface area contributed by atoms with E-state index in [0.717, 1.165) is 0 Å². The Morgan fingerprint density at radius 3 is 2.54 bits per heavy atom. The maximum atomic E-state index is 12.2. The lowest BCUT2D eigenvalue weighted by Gasteiger charge is -2.32.